The SMILES string of the molecule is CN1CCC2(CC1)CN(C)Sc1ncccc12. The predicted octanol–water partition coefficient (Wildman–Crippen LogP) is 2.00. The molecule has 0 radical (unpaired) electrons. The van der Waals surface area contributed by atoms with Crippen molar-refractivity contribution in [1.82, 2.24) is 14.2 Å². The van der Waals surface area contributed by atoms with Gasteiger partial charge in [-0.3, -0.25) is 0 Å². The van der Waals surface area contributed by atoms with Crippen LogP contribution in [0, 0.1) is 0 Å². The van der Waals surface area contributed by atoms with E-state index in [2.05, 4.69) is 40.4 Å². The molecule has 1 aromatic rings. The van der Waals surface area contributed by atoms with Gasteiger partial charge in [0, 0.05) is 18.2 Å². The highest BCUT2D eigenvalue weighted by atomic mass is 32.2. The summed E-state index contributed by atoms with van der Waals surface area (Å²) in [6.45, 7) is 3.56. The molecule has 0 N–H and O–H groups in total. The van der Waals surface area contributed by atoms with Gasteiger partial charge in [-0.1, -0.05) is 6.07 Å². The molecule has 0 aromatic carbocycles. The number of piperidine rings is 1. The van der Waals surface area contributed by atoms with Gasteiger partial charge in [0.2, 0.25) is 0 Å². The van der Waals surface area contributed by atoms with Crippen LogP contribution in [0.1, 0.15) is 18.4 Å². The third kappa shape index (κ3) is 1.98. The molecule has 17 heavy (non-hydrogen) atoms. The largest absolute Gasteiger partial charge is 0.306 e. The monoisotopic (exact) mass is 249 g/mol. The molecule has 1 aromatic heterocycles. The van der Waals surface area contributed by atoms with E-state index in [1.54, 1.807) is 11.9 Å². The highest BCUT2D eigenvalue weighted by Crippen LogP contribution is 2.45. The molecule has 0 aliphatic carbocycles. The van der Waals surface area contributed by atoms with Crippen molar-refractivity contribution in [1.29, 1.82) is 0 Å². The van der Waals surface area contributed by atoms with Crippen molar-refractivity contribution in [3.63, 3.8) is 0 Å². The molecule has 1 saturated heterocycles. The molecule has 0 amide bonds. The van der Waals surface area contributed by atoms with Crippen LogP contribution in [0.2, 0.25) is 0 Å². The van der Waals surface area contributed by atoms with Gasteiger partial charge in [0.15, 0.2) is 0 Å². The van der Waals surface area contributed by atoms with Gasteiger partial charge in [-0.2, -0.15) is 0 Å². The molecule has 1 fully saturated rings. The van der Waals surface area contributed by atoms with E-state index in [0.29, 0.717) is 5.41 Å². The van der Waals surface area contributed by atoms with Gasteiger partial charge in [0.05, 0.1) is 0 Å². The molecule has 3 nitrogen and oxygen atoms in total. The Hall–Kier alpha value is -0.580. The fourth-order valence-electron chi connectivity index (χ4n) is 3.03. The van der Waals surface area contributed by atoms with Crippen molar-refractivity contribution in [2.24, 2.45) is 0 Å². The smallest absolute Gasteiger partial charge is 0.115 e. The lowest BCUT2D eigenvalue weighted by Crippen LogP contribution is -2.48. The summed E-state index contributed by atoms with van der Waals surface area (Å²) >= 11 is 1.79. The van der Waals surface area contributed by atoms with E-state index in [1.807, 2.05) is 6.20 Å². The molecule has 0 bridgehead atoms. The number of hydrogen-bond acceptors (Lipinski definition) is 4. The molecule has 92 valence electrons. The van der Waals surface area contributed by atoms with Gasteiger partial charge in [0.1, 0.15) is 5.03 Å². The Balaban J connectivity index is 2.00. The Morgan fingerprint density at radius 1 is 1.29 bits per heavy atom. The molecule has 1 spiro atoms. The first-order valence-electron chi connectivity index (χ1n) is 6.23. The fraction of sp³-hybridized carbons (Fsp3) is 0.615. The lowest BCUT2D eigenvalue weighted by molar-refractivity contribution is 0.164. The number of likely N-dealkylation sites (tertiary alicyclic amines) is 1. The number of nitrogens with zero attached hydrogens (tertiary/aromatic N) is 3. The summed E-state index contributed by atoms with van der Waals surface area (Å²) in [5, 5.41) is 1.21. The number of hydrogen-bond donors (Lipinski definition) is 0. The van der Waals surface area contributed by atoms with Gasteiger partial charge < -0.3 is 4.90 Å². The Labute approximate surface area is 107 Å². The molecular formula is C13H19N3S. The molecule has 3 heterocycles. The van der Waals surface area contributed by atoms with Crippen LogP contribution in [0.5, 0.6) is 0 Å². The van der Waals surface area contributed by atoms with E-state index in [-0.39, 0.29) is 0 Å². The van der Waals surface area contributed by atoms with Gasteiger partial charge in [-0.15, -0.1) is 0 Å². The third-order valence-electron chi connectivity index (χ3n) is 4.05. The van der Waals surface area contributed by atoms with Crippen molar-refractivity contribution >= 4 is 11.9 Å². The molecule has 2 aliphatic heterocycles. The summed E-state index contributed by atoms with van der Waals surface area (Å²) < 4.78 is 2.35. The zero-order valence-electron chi connectivity index (χ0n) is 10.5. The second-order valence-corrected chi connectivity index (χ2v) is 6.51. The third-order valence-corrected chi connectivity index (χ3v) is 4.99. The number of pyridine rings is 1. The van der Waals surface area contributed by atoms with Crippen LogP contribution >= 0.6 is 11.9 Å². The zero-order chi connectivity index (χ0) is 11.9. The minimum absolute atomic E-state index is 0.343. The lowest BCUT2D eigenvalue weighted by Gasteiger charge is -2.46. The molecule has 4 heteroatoms. The summed E-state index contributed by atoms with van der Waals surface area (Å²) in [6, 6.07) is 4.37. The molecule has 3 rings (SSSR count). The van der Waals surface area contributed by atoms with Crippen molar-refractivity contribution < 1.29 is 0 Å². The average Bonchev–Trinajstić information content (AvgIpc) is 2.33. The van der Waals surface area contributed by atoms with Crippen LogP contribution in [0.25, 0.3) is 0 Å². The first-order chi connectivity index (χ1) is 8.20. The minimum atomic E-state index is 0.343. The van der Waals surface area contributed by atoms with E-state index < -0.39 is 0 Å². The molecular weight excluding hydrogens is 230 g/mol. The summed E-state index contributed by atoms with van der Waals surface area (Å²) in [4.78, 5) is 6.98. The standard InChI is InChI=1S/C13H19N3S/c1-15-8-5-13(6-9-15)10-16(2)17-12-11(13)4-3-7-14-12/h3-4,7H,5-6,8-10H2,1-2H3. The maximum absolute atomic E-state index is 4.55. The van der Waals surface area contributed by atoms with Gasteiger partial charge in [-0.05, 0) is 63.6 Å². The summed E-state index contributed by atoms with van der Waals surface area (Å²) in [6.07, 6.45) is 4.42. The minimum Gasteiger partial charge on any atom is -0.306 e. The summed E-state index contributed by atoms with van der Waals surface area (Å²) in [5.41, 5.74) is 1.83. The van der Waals surface area contributed by atoms with Gasteiger partial charge in [0.25, 0.3) is 0 Å². The summed E-state index contributed by atoms with van der Waals surface area (Å²) in [7, 11) is 4.40. The van der Waals surface area contributed by atoms with E-state index >= 15 is 0 Å². The topological polar surface area (TPSA) is 19.4 Å². The fourth-order valence-corrected chi connectivity index (χ4v) is 4.13. The van der Waals surface area contributed by atoms with Crippen LogP contribution in [0.15, 0.2) is 23.4 Å². The molecule has 0 unspecified atom stereocenters. The maximum Gasteiger partial charge on any atom is 0.115 e. The Bertz CT molecular complexity index is 413. The van der Waals surface area contributed by atoms with E-state index in [4.69, 9.17) is 0 Å². The Kier molecular flexibility index (Phi) is 2.89. The van der Waals surface area contributed by atoms with Crippen LogP contribution in [-0.2, 0) is 5.41 Å². The number of fused-ring (bicyclic) bond motifs is 2. The molecule has 0 atom stereocenters. The van der Waals surface area contributed by atoms with E-state index in [9.17, 15) is 0 Å². The van der Waals surface area contributed by atoms with Crippen LogP contribution in [-0.4, -0.2) is 47.9 Å². The Morgan fingerprint density at radius 2 is 2.06 bits per heavy atom. The average molecular weight is 249 g/mol. The first kappa shape index (κ1) is 11.5. The summed E-state index contributed by atoms with van der Waals surface area (Å²) in [5.74, 6) is 0. The zero-order valence-corrected chi connectivity index (χ0v) is 11.3. The lowest BCUT2D eigenvalue weighted by atomic mass is 9.73. The second-order valence-electron chi connectivity index (χ2n) is 5.32. The normalized spacial score (nSPS) is 24.8. The van der Waals surface area contributed by atoms with Crippen LogP contribution < -0.4 is 0 Å². The van der Waals surface area contributed by atoms with Crippen molar-refractivity contribution in [2.45, 2.75) is 23.3 Å². The second kappa shape index (κ2) is 4.26. The highest BCUT2D eigenvalue weighted by Gasteiger charge is 2.41. The Morgan fingerprint density at radius 3 is 2.82 bits per heavy atom. The van der Waals surface area contributed by atoms with E-state index in [0.717, 1.165) is 6.54 Å². The number of aromatic nitrogens is 1. The van der Waals surface area contributed by atoms with Crippen LogP contribution in [0.3, 0.4) is 0 Å². The molecule has 2 aliphatic rings. The van der Waals surface area contributed by atoms with Gasteiger partial charge >= 0.3 is 0 Å². The quantitative estimate of drug-likeness (QED) is 0.655. The van der Waals surface area contributed by atoms with Crippen molar-refractivity contribution in [2.75, 3.05) is 33.7 Å². The highest BCUT2D eigenvalue weighted by molar-refractivity contribution is 7.97. The van der Waals surface area contributed by atoms with E-state index in [1.165, 1.54) is 36.5 Å². The van der Waals surface area contributed by atoms with Crippen molar-refractivity contribution in [3.05, 3.63) is 23.9 Å². The maximum atomic E-state index is 4.55. The number of likely N-dealkylation sites (N-methyl/N-ethyl adjacent to an activating group) is 1. The first-order valence-corrected chi connectivity index (χ1v) is 7.00. The van der Waals surface area contributed by atoms with Crippen LogP contribution in [0.4, 0.5) is 0 Å². The number of rotatable bonds is 0. The van der Waals surface area contributed by atoms with Gasteiger partial charge in [-0.25, -0.2) is 9.29 Å². The predicted molar refractivity (Wildman–Crippen MR) is 71.1 cm³/mol. The molecule has 0 saturated carbocycles. The van der Waals surface area contributed by atoms with Crippen molar-refractivity contribution in [3.8, 4) is 0 Å².